The third-order valence-corrected chi connectivity index (χ3v) is 4.60. The van der Waals surface area contributed by atoms with E-state index in [-0.39, 0.29) is 0 Å². The van der Waals surface area contributed by atoms with Crippen LogP contribution in [-0.2, 0) is 18.4 Å². The number of nitrogens with zero attached hydrogens (tertiary/aromatic N) is 4. The lowest BCUT2D eigenvalue weighted by molar-refractivity contribution is 0.387. The number of hydrogen-bond donors (Lipinski definition) is 0. The number of hydrogen-bond acceptors (Lipinski definition) is 3. The van der Waals surface area contributed by atoms with Crippen LogP contribution in [0.1, 0.15) is 30.4 Å². The lowest BCUT2D eigenvalue weighted by atomic mass is 9.77. The van der Waals surface area contributed by atoms with Crippen molar-refractivity contribution in [1.29, 1.82) is 5.26 Å². The first-order chi connectivity index (χ1) is 12.3. The maximum atomic E-state index is 10.0. The minimum atomic E-state index is -0.578. The first-order valence-electron chi connectivity index (χ1n) is 8.65. The van der Waals surface area contributed by atoms with E-state index < -0.39 is 5.41 Å². The van der Waals surface area contributed by atoms with Gasteiger partial charge in [0.2, 0.25) is 0 Å². The Hall–Kier alpha value is -2.93. The Labute approximate surface area is 148 Å². The summed E-state index contributed by atoms with van der Waals surface area (Å²) in [5.41, 5.74) is 1.82. The monoisotopic (exact) mass is 330 g/mol. The molecule has 0 N–H and O–H groups in total. The molecule has 25 heavy (non-hydrogen) atoms. The summed E-state index contributed by atoms with van der Waals surface area (Å²) in [7, 11) is 0. The van der Waals surface area contributed by atoms with Gasteiger partial charge in [0.15, 0.2) is 0 Å². The summed E-state index contributed by atoms with van der Waals surface area (Å²) < 4.78 is 1.76. The summed E-state index contributed by atoms with van der Waals surface area (Å²) in [5.74, 6) is 0. The number of nitriles is 1. The average molecular weight is 330 g/mol. The Bertz CT molecular complexity index is 791. The van der Waals surface area contributed by atoms with Crippen LogP contribution in [0.4, 0.5) is 0 Å². The zero-order valence-corrected chi connectivity index (χ0v) is 14.3. The van der Waals surface area contributed by atoms with Crippen molar-refractivity contribution in [3.63, 3.8) is 0 Å². The van der Waals surface area contributed by atoms with E-state index in [1.54, 1.807) is 11.0 Å². The summed E-state index contributed by atoms with van der Waals surface area (Å²) >= 11 is 0. The molecule has 0 aliphatic carbocycles. The minimum absolute atomic E-state index is 0.527. The summed E-state index contributed by atoms with van der Waals surface area (Å²) in [6.45, 7) is 0.527. The predicted molar refractivity (Wildman–Crippen MR) is 97.8 cm³/mol. The van der Waals surface area contributed by atoms with E-state index in [9.17, 15) is 5.26 Å². The molecule has 0 saturated heterocycles. The Morgan fingerprint density at radius 2 is 1.68 bits per heavy atom. The van der Waals surface area contributed by atoms with E-state index in [2.05, 4.69) is 40.4 Å². The molecule has 126 valence electrons. The average Bonchev–Trinajstić information content (AvgIpc) is 3.19. The Morgan fingerprint density at radius 1 is 0.960 bits per heavy atom. The summed E-state index contributed by atoms with van der Waals surface area (Å²) in [4.78, 5) is 4.01. The van der Waals surface area contributed by atoms with E-state index in [0.717, 1.165) is 31.2 Å². The van der Waals surface area contributed by atoms with Gasteiger partial charge in [0, 0.05) is 0 Å². The second-order valence-electron chi connectivity index (χ2n) is 6.35. The van der Waals surface area contributed by atoms with Gasteiger partial charge in [-0.2, -0.15) is 10.4 Å². The van der Waals surface area contributed by atoms with Crippen molar-refractivity contribution in [2.24, 2.45) is 0 Å². The molecule has 0 saturated carbocycles. The van der Waals surface area contributed by atoms with Gasteiger partial charge in [-0.25, -0.2) is 4.98 Å². The van der Waals surface area contributed by atoms with Gasteiger partial charge >= 0.3 is 0 Å². The Kier molecular flexibility index (Phi) is 5.58. The second kappa shape index (κ2) is 8.25. The van der Waals surface area contributed by atoms with Crippen molar-refractivity contribution < 1.29 is 0 Å². The van der Waals surface area contributed by atoms with Gasteiger partial charge < -0.3 is 0 Å². The van der Waals surface area contributed by atoms with E-state index in [1.165, 1.54) is 11.9 Å². The van der Waals surface area contributed by atoms with Gasteiger partial charge in [-0.15, -0.1) is 0 Å². The van der Waals surface area contributed by atoms with Crippen molar-refractivity contribution in [2.45, 2.75) is 37.6 Å². The molecule has 4 heteroatoms. The van der Waals surface area contributed by atoms with Gasteiger partial charge in [0.25, 0.3) is 0 Å². The van der Waals surface area contributed by atoms with E-state index >= 15 is 0 Å². The highest BCUT2D eigenvalue weighted by atomic mass is 15.3. The standard InChI is InChI=1S/C21H22N4/c22-15-21(16-25-18-23-17-24-25,20-12-5-2-6-13-20)14-8-7-11-19-9-3-1-4-10-19/h1-6,9-10,12-13,17-18H,7-8,11,14,16H2. The van der Waals surface area contributed by atoms with Gasteiger partial charge in [-0.3, -0.25) is 4.68 Å². The fraction of sp³-hybridized carbons (Fsp3) is 0.286. The van der Waals surface area contributed by atoms with Crippen LogP contribution in [0, 0.1) is 11.3 Å². The fourth-order valence-corrected chi connectivity index (χ4v) is 3.22. The molecule has 2 aromatic carbocycles. The van der Waals surface area contributed by atoms with Crippen molar-refractivity contribution in [3.05, 3.63) is 84.4 Å². The van der Waals surface area contributed by atoms with Crippen LogP contribution in [-0.4, -0.2) is 14.8 Å². The highest BCUT2D eigenvalue weighted by Gasteiger charge is 2.32. The number of benzene rings is 2. The fourth-order valence-electron chi connectivity index (χ4n) is 3.22. The van der Waals surface area contributed by atoms with Crippen molar-refractivity contribution in [2.75, 3.05) is 0 Å². The molecule has 0 fully saturated rings. The van der Waals surface area contributed by atoms with Crippen LogP contribution in [0.15, 0.2) is 73.3 Å². The highest BCUT2D eigenvalue weighted by molar-refractivity contribution is 5.32. The van der Waals surface area contributed by atoms with Crippen LogP contribution < -0.4 is 0 Å². The third-order valence-electron chi connectivity index (χ3n) is 4.60. The number of unbranched alkanes of at least 4 members (excludes halogenated alkanes) is 1. The topological polar surface area (TPSA) is 54.5 Å². The molecule has 0 aliphatic rings. The third kappa shape index (κ3) is 4.33. The van der Waals surface area contributed by atoms with Crippen LogP contribution in [0.5, 0.6) is 0 Å². The quantitative estimate of drug-likeness (QED) is 0.583. The molecular weight excluding hydrogens is 308 g/mol. The van der Waals surface area contributed by atoms with E-state index in [1.807, 2.05) is 36.4 Å². The first-order valence-corrected chi connectivity index (χ1v) is 8.65. The van der Waals surface area contributed by atoms with Crippen molar-refractivity contribution in [1.82, 2.24) is 14.8 Å². The zero-order valence-electron chi connectivity index (χ0n) is 14.3. The maximum Gasteiger partial charge on any atom is 0.137 e. The van der Waals surface area contributed by atoms with Gasteiger partial charge in [-0.1, -0.05) is 67.1 Å². The Balaban J connectivity index is 1.71. The van der Waals surface area contributed by atoms with Crippen LogP contribution >= 0.6 is 0 Å². The molecule has 0 radical (unpaired) electrons. The van der Waals surface area contributed by atoms with Gasteiger partial charge in [-0.05, 0) is 30.4 Å². The van der Waals surface area contributed by atoms with E-state index in [4.69, 9.17) is 0 Å². The summed E-state index contributed by atoms with van der Waals surface area (Å²) in [6.07, 6.45) is 7.10. The largest absolute Gasteiger partial charge is 0.251 e. The van der Waals surface area contributed by atoms with Gasteiger partial charge in [0.05, 0.1) is 12.6 Å². The molecule has 3 rings (SSSR count). The first kappa shape index (κ1) is 16.9. The molecule has 3 aromatic rings. The van der Waals surface area contributed by atoms with E-state index in [0.29, 0.717) is 6.54 Å². The lowest BCUT2D eigenvalue weighted by Gasteiger charge is -2.27. The molecular formula is C21H22N4. The molecule has 1 unspecified atom stereocenters. The molecule has 1 heterocycles. The van der Waals surface area contributed by atoms with Gasteiger partial charge in [0.1, 0.15) is 18.1 Å². The zero-order chi connectivity index (χ0) is 17.4. The number of rotatable bonds is 8. The molecule has 1 atom stereocenters. The molecule has 0 amide bonds. The molecule has 1 aromatic heterocycles. The minimum Gasteiger partial charge on any atom is -0.251 e. The summed E-state index contributed by atoms with van der Waals surface area (Å²) in [6, 6.07) is 23.1. The number of aryl methyl sites for hydroxylation is 1. The molecule has 4 nitrogen and oxygen atoms in total. The lowest BCUT2D eigenvalue weighted by Crippen LogP contribution is -2.30. The van der Waals surface area contributed by atoms with Crippen molar-refractivity contribution in [3.8, 4) is 6.07 Å². The SMILES string of the molecule is N#CC(CCCCc1ccccc1)(Cn1cncn1)c1ccccc1. The number of aromatic nitrogens is 3. The second-order valence-corrected chi connectivity index (χ2v) is 6.35. The maximum absolute atomic E-state index is 10.0. The van der Waals surface area contributed by atoms with Crippen LogP contribution in [0.3, 0.4) is 0 Å². The smallest absolute Gasteiger partial charge is 0.137 e. The molecule has 0 aliphatic heterocycles. The highest BCUT2D eigenvalue weighted by Crippen LogP contribution is 2.31. The Morgan fingerprint density at radius 3 is 2.32 bits per heavy atom. The van der Waals surface area contributed by atoms with Crippen molar-refractivity contribution >= 4 is 0 Å². The normalized spacial score (nSPS) is 13.1. The van der Waals surface area contributed by atoms with Crippen LogP contribution in [0.25, 0.3) is 0 Å². The summed E-state index contributed by atoms with van der Waals surface area (Å²) in [5, 5.41) is 14.2. The van der Waals surface area contributed by atoms with Crippen LogP contribution in [0.2, 0.25) is 0 Å². The molecule has 0 spiro atoms. The predicted octanol–water partition coefficient (Wildman–Crippen LogP) is 4.15. The molecule has 0 bridgehead atoms.